The van der Waals surface area contributed by atoms with E-state index < -0.39 is 16.6 Å². The van der Waals surface area contributed by atoms with Gasteiger partial charge in [-0.3, -0.25) is 14.9 Å². The normalized spacial score (nSPS) is 10.8. The number of benzene rings is 3. The average molecular weight is 391 g/mol. The van der Waals surface area contributed by atoms with Crippen LogP contribution in [0.4, 0.5) is 15.8 Å². The molecule has 0 bridgehead atoms. The van der Waals surface area contributed by atoms with Crippen molar-refractivity contribution in [2.75, 3.05) is 5.32 Å². The first kappa shape index (κ1) is 18.3. The van der Waals surface area contributed by atoms with E-state index in [2.05, 4.69) is 10.3 Å². The van der Waals surface area contributed by atoms with Gasteiger partial charge in [0, 0.05) is 28.4 Å². The summed E-state index contributed by atoms with van der Waals surface area (Å²) < 4.78 is 19.1. The van der Waals surface area contributed by atoms with E-state index in [1.165, 1.54) is 37.3 Å². The number of nitro benzene ring substituents is 1. The minimum Gasteiger partial charge on any atom is -0.436 e. The molecule has 7 nitrogen and oxygen atoms in total. The second-order valence-corrected chi connectivity index (χ2v) is 6.37. The zero-order valence-corrected chi connectivity index (χ0v) is 15.2. The monoisotopic (exact) mass is 391 g/mol. The summed E-state index contributed by atoms with van der Waals surface area (Å²) in [6.07, 6.45) is 0. The fourth-order valence-corrected chi connectivity index (χ4v) is 3.02. The molecule has 0 radical (unpaired) electrons. The van der Waals surface area contributed by atoms with Crippen molar-refractivity contribution in [2.24, 2.45) is 0 Å². The number of amides is 1. The van der Waals surface area contributed by atoms with Crippen LogP contribution in [0, 0.1) is 22.9 Å². The van der Waals surface area contributed by atoms with E-state index in [4.69, 9.17) is 4.42 Å². The summed E-state index contributed by atoms with van der Waals surface area (Å²) in [6, 6.07) is 15.1. The van der Waals surface area contributed by atoms with Gasteiger partial charge in [0.25, 0.3) is 11.6 Å². The molecule has 0 saturated carbocycles. The maximum absolute atomic E-state index is 13.4. The van der Waals surface area contributed by atoms with E-state index in [1.54, 1.807) is 30.3 Å². The molecule has 0 aliphatic heterocycles. The second kappa shape index (κ2) is 7.16. The number of nitrogens with one attached hydrogen (secondary N) is 1. The number of fused-ring (bicyclic) bond motifs is 1. The minimum atomic E-state index is -0.526. The fraction of sp³-hybridized carbons (Fsp3) is 0.0476. The van der Waals surface area contributed by atoms with Gasteiger partial charge in [-0.2, -0.15) is 0 Å². The molecule has 1 heterocycles. The van der Waals surface area contributed by atoms with Crippen molar-refractivity contribution in [3.63, 3.8) is 0 Å². The smallest absolute Gasteiger partial charge is 0.273 e. The number of nitro groups is 1. The number of rotatable bonds is 4. The number of oxazole rings is 1. The average Bonchev–Trinajstić information content (AvgIpc) is 3.11. The van der Waals surface area contributed by atoms with Crippen LogP contribution in [0.25, 0.3) is 22.6 Å². The largest absolute Gasteiger partial charge is 0.436 e. The lowest BCUT2D eigenvalue weighted by Crippen LogP contribution is -2.14. The molecular weight excluding hydrogens is 377 g/mol. The lowest BCUT2D eigenvalue weighted by atomic mass is 10.1. The first-order chi connectivity index (χ1) is 13.9. The molecule has 0 atom stereocenters. The molecule has 144 valence electrons. The van der Waals surface area contributed by atoms with E-state index in [0.29, 0.717) is 22.4 Å². The van der Waals surface area contributed by atoms with Gasteiger partial charge < -0.3 is 9.73 Å². The van der Waals surface area contributed by atoms with Gasteiger partial charge in [-0.1, -0.05) is 12.1 Å². The maximum atomic E-state index is 13.4. The highest BCUT2D eigenvalue weighted by Crippen LogP contribution is 2.27. The third kappa shape index (κ3) is 3.55. The summed E-state index contributed by atoms with van der Waals surface area (Å²) in [5, 5.41) is 13.8. The summed E-state index contributed by atoms with van der Waals surface area (Å²) in [4.78, 5) is 27.5. The Morgan fingerprint density at radius 3 is 2.69 bits per heavy atom. The lowest BCUT2D eigenvalue weighted by Gasteiger charge is -2.07. The molecule has 0 saturated heterocycles. The van der Waals surface area contributed by atoms with Crippen molar-refractivity contribution in [1.29, 1.82) is 0 Å². The molecule has 0 spiro atoms. The number of hydrogen-bond donors (Lipinski definition) is 1. The maximum Gasteiger partial charge on any atom is 0.273 e. The Morgan fingerprint density at radius 1 is 1.14 bits per heavy atom. The van der Waals surface area contributed by atoms with E-state index >= 15 is 0 Å². The third-order valence-electron chi connectivity index (χ3n) is 4.46. The van der Waals surface area contributed by atoms with E-state index in [1.807, 2.05) is 0 Å². The van der Waals surface area contributed by atoms with Crippen molar-refractivity contribution < 1.29 is 18.5 Å². The Balaban J connectivity index is 1.63. The summed E-state index contributed by atoms with van der Waals surface area (Å²) in [5.41, 5.74) is 2.29. The molecule has 29 heavy (non-hydrogen) atoms. The van der Waals surface area contributed by atoms with Crippen molar-refractivity contribution in [3.8, 4) is 11.5 Å². The standard InChI is InChI=1S/C21H14FN3O4/c1-12-16(6-3-7-18(12)25(27)28)20(26)23-15-8-9-19-17(11-15)24-21(29-19)13-4-2-5-14(22)10-13/h2-11H,1H3,(H,23,26). The highest BCUT2D eigenvalue weighted by atomic mass is 19.1. The Bertz CT molecular complexity index is 1270. The van der Waals surface area contributed by atoms with Gasteiger partial charge in [0.1, 0.15) is 11.3 Å². The van der Waals surface area contributed by atoms with Crippen molar-refractivity contribution >= 4 is 28.4 Å². The molecule has 1 N–H and O–H groups in total. The van der Waals surface area contributed by atoms with Gasteiger partial charge in [0.15, 0.2) is 5.58 Å². The summed E-state index contributed by atoms with van der Waals surface area (Å²) in [6.45, 7) is 1.53. The number of aromatic nitrogens is 1. The molecule has 1 aromatic heterocycles. The van der Waals surface area contributed by atoms with Crippen LogP contribution < -0.4 is 5.32 Å². The van der Waals surface area contributed by atoms with Gasteiger partial charge in [-0.25, -0.2) is 9.37 Å². The van der Waals surface area contributed by atoms with E-state index in [-0.39, 0.29) is 22.7 Å². The van der Waals surface area contributed by atoms with Crippen LogP contribution >= 0.6 is 0 Å². The summed E-state index contributed by atoms with van der Waals surface area (Å²) in [7, 11) is 0. The molecule has 3 aromatic carbocycles. The highest BCUT2D eigenvalue weighted by molar-refractivity contribution is 6.06. The molecule has 4 aromatic rings. The number of nitrogens with zero attached hydrogens (tertiary/aromatic N) is 2. The van der Waals surface area contributed by atoms with Gasteiger partial charge in [-0.15, -0.1) is 0 Å². The first-order valence-electron chi connectivity index (χ1n) is 8.64. The van der Waals surface area contributed by atoms with Crippen LogP contribution in [-0.2, 0) is 0 Å². The highest BCUT2D eigenvalue weighted by Gasteiger charge is 2.18. The van der Waals surface area contributed by atoms with Crippen LogP contribution in [0.2, 0.25) is 0 Å². The Labute approximate surface area is 164 Å². The predicted molar refractivity (Wildman–Crippen MR) is 105 cm³/mol. The van der Waals surface area contributed by atoms with Crippen molar-refractivity contribution in [3.05, 3.63) is 87.7 Å². The quantitative estimate of drug-likeness (QED) is 0.385. The van der Waals surface area contributed by atoms with Crippen LogP contribution in [-0.4, -0.2) is 15.8 Å². The molecular formula is C21H14FN3O4. The van der Waals surface area contributed by atoms with Gasteiger partial charge >= 0.3 is 0 Å². The minimum absolute atomic E-state index is 0.121. The Morgan fingerprint density at radius 2 is 1.93 bits per heavy atom. The van der Waals surface area contributed by atoms with Crippen molar-refractivity contribution in [2.45, 2.75) is 6.92 Å². The zero-order valence-electron chi connectivity index (χ0n) is 15.2. The third-order valence-corrected chi connectivity index (χ3v) is 4.46. The Hall–Kier alpha value is -4.07. The molecule has 0 aliphatic carbocycles. The number of anilines is 1. The van der Waals surface area contributed by atoms with Crippen molar-refractivity contribution in [1.82, 2.24) is 4.98 Å². The zero-order chi connectivity index (χ0) is 20.5. The topological polar surface area (TPSA) is 98.3 Å². The molecule has 0 aliphatic rings. The molecule has 8 heteroatoms. The second-order valence-electron chi connectivity index (χ2n) is 6.37. The lowest BCUT2D eigenvalue weighted by molar-refractivity contribution is -0.385. The van der Waals surface area contributed by atoms with Crippen LogP contribution in [0.5, 0.6) is 0 Å². The summed E-state index contributed by atoms with van der Waals surface area (Å²) in [5.74, 6) is -0.609. The molecule has 0 unspecified atom stereocenters. The number of carbonyl (C=O) groups is 1. The predicted octanol–water partition coefficient (Wildman–Crippen LogP) is 5.10. The first-order valence-corrected chi connectivity index (χ1v) is 8.64. The molecule has 4 rings (SSSR count). The van der Waals surface area contributed by atoms with Crippen LogP contribution in [0.15, 0.2) is 65.1 Å². The van der Waals surface area contributed by atoms with Gasteiger partial charge in [-0.05, 0) is 49.4 Å². The number of carbonyl (C=O) groups excluding carboxylic acids is 1. The van der Waals surface area contributed by atoms with E-state index in [0.717, 1.165) is 0 Å². The van der Waals surface area contributed by atoms with Crippen LogP contribution in [0.3, 0.4) is 0 Å². The van der Waals surface area contributed by atoms with Crippen LogP contribution in [0.1, 0.15) is 15.9 Å². The van der Waals surface area contributed by atoms with Gasteiger partial charge in [0.2, 0.25) is 5.89 Å². The molecule has 0 fully saturated rings. The summed E-state index contributed by atoms with van der Waals surface area (Å²) >= 11 is 0. The van der Waals surface area contributed by atoms with E-state index in [9.17, 15) is 19.3 Å². The van der Waals surface area contributed by atoms with Gasteiger partial charge in [0.05, 0.1) is 4.92 Å². The Kier molecular flexibility index (Phi) is 4.52. The number of hydrogen-bond acceptors (Lipinski definition) is 5. The molecule has 1 amide bonds. The number of halogens is 1. The SMILES string of the molecule is Cc1c(C(=O)Nc2ccc3oc(-c4cccc(F)c4)nc3c2)cccc1[N+](=O)[O-]. The fourth-order valence-electron chi connectivity index (χ4n) is 3.02.